The minimum Gasteiger partial charge on any atom is -0.325 e. The highest BCUT2D eigenvalue weighted by atomic mass is 127. The van der Waals surface area contributed by atoms with E-state index in [1.807, 2.05) is 38.1 Å². The molecule has 0 heterocycles. The van der Waals surface area contributed by atoms with Crippen LogP contribution in [0.3, 0.4) is 0 Å². The molecule has 0 spiro atoms. The molecule has 0 fully saturated rings. The van der Waals surface area contributed by atoms with Gasteiger partial charge in [-0.1, -0.05) is 0 Å². The molecule has 4 nitrogen and oxygen atoms in total. The lowest BCUT2D eigenvalue weighted by Crippen LogP contribution is -2.32. The Balaban J connectivity index is 2.42. The van der Waals surface area contributed by atoms with Gasteiger partial charge in [0.05, 0.1) is 6.54 Å². The zero-order valence-corrected chi connectivity index (χ0v) is 14.0. The Bertz CT molecular complexity index is 423. The number of carbonyl (C=O) groups is 1. The van der Waals surface area contributed by atoms with Gasteiger partial charge in [-0.3, -0.25) is 9.69 Å². The van der Waals surface area contributed by atoms with Crippen LogP contribution in [0.2, 0.25) is 0 Å². The van der Waals surface area contributed by atoms with Crippen LogP contribution in [0.1, 0.15) is 12.0 Å². The highest BCUT2D eigenvalue weighted by Crippen LogP contribution is 2.17. The Hall–Kier alpha value is -0.660. The summed E-state index contributed by atoms with van der Waals surface area (Å²) in [5.41, 5.74) is 1.99. The van der Waals surface area contributed by atoms with Gasteiger partial charge in [0, 0.05) is 9.26 Å². The Labute approximate surface area is 129 Å². The summed E-state index contributed by atoms with van der Waals surface area (Å²) in [5.74, 6) is 0.0382. The van der Waals surface area contributed by atoms with Crippen molar-refractivity contribution in [1.82, 2.24) is 10.2 Å². The molecule has 0 atom stereocenters. The summed E-state index contributed by atoms with van der Waals surface area (Å²) in [6, 6.07) is 6.02. The van der Waals surface area contributed by atoms with Crippen molar-refractivity contribution in [2.75, 3.05) is 39.0 Å². The molecule has 2 N–H and O–H groups in total. The Morgan fingerprint density at radius 3 is 2.79 bits per heavy atom. The number of halogens is 1. The third-order valence-corrected chi connectivity index (χ3v) is 3.51. The molecule has 0 aromatic heterocycles. The molecule has 1 amide bonds. The number of benzene rings is 1. The van der Waals surface area contributed by atoms with Crippen LogP contribution < -0.4 is 10.6 Å². The monoisotopic (exact) mass is 375 g/mol. The van der Waals surface area contributed by atoms with Gasteiger partial charge in [0.2, 0.25) is 5.91 Å². The maximum atomic E-state index is 11.9. The molecule has 5 heteroatoms. The van der Waals surface area contributed by atoms with E-state index >= 15 is 0 Å². The van der Waals surface area contributed by atoms with Crippen LogP contribution in [0.5, 0.6) is 0 Å². The zero-order chi connectivity index (χ0) is 14.3. The van der Waals surface area contributed by atoms with Crippen molar-refractivity contribution in [3.8, 4) is 0 Å². The molecule has 0 radical (unpaired) electrons. The molecule has 0 bridgehead atoms. The first kappa shape index (κ1) is 16.4. The van der Waals surface area contributed by atoms with Crippen molar-refractivity contribution < 1.29 is 4.79 Å². The highest BCUT2D eigenvalue weighted by molar-refractivity contribution is 14.1. The normalized spacial score (nSPS) is 10.8. The van der Waals surface area contributed by atoms with E-state index in [-0.39, 0.29) is 5.91 Å². The van der Waals surface area contributed by atoms with Crippen LogP contribution in [0.25, 0.3) is 0 Å². The van der Waals surface area contributed by atoms with Crippen molar-refractivity contribution in [2.45, 2.75) is 13.3 Å². The van der Waals surface area contributed by atoms with Crippen molar-refractivity contribution in [2.24, 2.45) is 0 Å². The molecule has 106 valence electrons. The van der Waals surface area contributed by atoms with E-state index < -0.39 is 0 Å². The molecule has 0 saturated heterocycles. The van der Waals surface area contributed by atoms with E-state index in [4.69, 9.17) is 0 Å². The second kappa shape index (κ2) is 8.50. The molecule has 1 aromatic rings. The lowest BCUT2D eigenvalue weighted by Gasteiger charge is -2.16. The van der Waals surface area contributed by atoms with Crippen LogP contribution in [0.15, 0.2) is 18.2 Å². The number of hydrogen-bond acceptors (Lipinski definition) is 3. The summed E-state index contributed by atoms with van der Waals surface area (Å²) in [4.78, 5) is 14.0. The maximum absolute atomic E-state index is 11.9. The van der Waals surface area contributed by atoms with Gasteiger partial charge in [0.25, 0.3) is 0 Å². The summed E-state index contributed by atoms with van der Waals surface area (Å²) in [7, 11) is 3.91. The third kappa shape index (κ3) is 6.35. The van der Waals surface area contributed by atoms with Gasteiger partial charge >= 0.3 is 0 Å². The molecular weight excluding hydrogens is 353 g/mol. The number of carbonyl (C=O) groups excluding carboxylic acids is 1. The average molecular weight is 375 g/mol. The first-order valence-corrected chi connectivity index (χ1v) is 7.50. The van der Waals surface area contributed by atoms with Gasteiger partial charge in [-0.2, -0.15) is 0 Å². The van der Waals surface area contributed by atoms with Crippen molar-refractivity contribution in [3.05, 3.63) is 27.3 Å². The highest BCUT2D eigenvalue weighted by Gasteiger charge is 2.08. The molecule has 1 aromatic carbocycles. The number of nitrogens with one attached hydrogen (secondary N) is 2. The van der Waals surface area contributed by atoms with Gasteiger partial charge < -0.3 is 10.6 Å². The largest absolute Gasteiger partial charge is 0.325 e. The molecule has 0 unspecified atom stereocenters. The Morgan fingerprint density at radius 2 is 2.16 bits per heavy atom. The van der Waals surface area contributed by atoms with E-state index in [1.54, 1.807) is 0 Å². The molecular formula is C14H22IN3O. The Kier molecular flexibility index (Phi) is 7.33. The minimum atomic E-state index is 0.0382. The average Bonchev–Trinajstić information content (AvgIpc) is 2.33. The third-order valence-electron chi connectivity index (χ3n) is 2.84. The Morgan fingerprint density at radius 1 is 1.42 bits per heavy atom. The first-order chi connectivity index (χ1) is 9.02. The molecule has 0 saturated carbocycles. The molecule has 0 aliphatic carbocycles. The van der Waals surface area contributed by atoms with Gasteiger partial charge in [-0.25, -0.2) is 0 Å². The van der Waals surface area contributed by atoms with Crippen LogP contribution in [-0.2, 0) is 4.79 Å². The van der Waals surface area contributed by atoms with Crippen molar-refractivity contribution in [3.63, 3.8) is 0 Å². The van der Waals surface area contributed by atoms with E-state index in [9.17, 15) is 4.79 Å². The summed E-state index contributed by atoms with van der Waals surface area (Å²) in [6.45, 7) is 4.33. The molecule has 19 heavy (non-hydrogen) atoms. The van der Waals surface area contributed by atoms with E-state index in [1.165, 1.54) is 3.57 Å². The van der Waals surface area contributed by atoms with Crippen LogP contribution >= 0.6 is 22.6 Å². The SMILES string of the molecule is CNCCCN(C)CC(=O)Nc1ccc(I)cc1C. The number of aryl methyl sites for hydroxylation is 1. The fourth-order valence-corrected chi connectivity index (χ4v) is 2.45. The van der Waals surface area contributed by atoms with Crippen molar-refractivity contribution in [1.29, 1.82) is 0 Å². The summed E-state index contributed by atoms with van der Waals surface area (Å²) < 4.78 is 1.18. The topological polar surface area (TPSA) is 44.4 Å². The molecule has 0 aliphatic rings. The summed E-state index contributed by atoms with van der Waals surface area (Å²) >= 11 is 2.27. The van der Waals surface area contributed by atoms with Gasteiger partial charge in [-0.15, -0.1) is 0 Å². The second-order valence-corrected chi connectivity index (χ2v) is 5.95. The zero-order valence-electron chi connectivity index (χ0n) is 11.8. The van der Waals surface area contributed by atoms with Crippen LogP contribution in [0.4, 0.5) is 5.69 Å². The minimum absolute atomic E-state index is 0.0382. The number of amides is 1. The number of anilines is 1. The second-order valence-electron chi connectivity index (χ2n) is 4.70. The predicted molar refractivity (Wildman–Crippen MR) is 88.6 cm³/mol. The number of likely N-dealkylation sites (N-methyl/N-ethyl adjacent to an activating group) is 1. The predicted octanol–water partition coefficient (Wildman–Crippen LogP) is 2.08. The number of rotatable bonds is 7. The van der Waals surface area contributed by atoms with E-state index in [2.05, 4.69) is 39.3 Å². The molecule has 1 rings (SSSR count). The van der Waals surface area contributed by atoms with Gasteiger partial charge in [-0.05, 0) is 86.9 Å². The lowest BCUT2D eigenvalue weighted by molar-refractivity contribution is -0.117. The fraction of sp³-hybridized carbons (Fsp3) is 0.500. The summed E-state index contributed by atoms with van der Waals surface area (Å²) in [6.07, 6.45) is 1.04. The number of nitrogens with zero attached hydrogens (tertiary/aromatic N) is 1. The summed E-state index contributed by atoms with van der Waals surface area (Å²) in [5, 5.41) is 6.06. The lowest BCUT2D eigenvalue weighted by atomic mass is 10.2. The standard InChI is InChI=1S/C14H22IN3O/c1-11-9-12(15)5-6-13(11)17-14(19)10-18(3)8-4-7-16-2/h5-6,9,16H,4,7-8,10H2,1-3H3,(H,17,19). The first-order valence-electron chi connectivity index (χ1n) is 6.42. The van der Waals surface area contributed by atoms with Crippen LogP contribution in [0, 0.1) is 10.5 Å². The fourth-order valence-electron chi connectivity index (χ4n) is 1.81. The number of hydrogen-bond donors (Lipinski definition) is 2. The maximum Gasteiger partial charge on any atom is 0.238 e. The smallest absolute Gasteiger partial charge is 0.238 e. The van der Waals surface area contributed by atoms with E-state index in [0.29, 0.717) is 6.54 Å². The van der Waals surface area contributed by atoms with Crippen LogP contribution in [-0.4, -0.2) is 44.5 Å². The quantitative estimate of drug-likeness (QED) is 0.567. The van der Waals surface area contributed by atoms with Gasteiger partial charge in [0.1, 0.15) is 0 Å². The molecule has 0 aliphatic heterocycles. The van der Waals surface area contributed by atoms with Gasteiger partial charge in [0.15, 0.2) is 0 Å². The van der Waals surface area contributed by atoms with E-state index in [0.717, 1.165) is 30.8 Å². The van der Waals surface area contributed by atoms with Crippen molar-refractivity contribution >= 4 is 34.2 Å².